The molecule has 7 nitrogen and oxygen atoms in total. The fourth-order valence-electron chi connectivity index (χ4n) is 5.39. The molecule has 2 heterocycles. The van der Waals surface area contributed by atoms with Crippen LogP contribution >= 0.6 is 0 Å². The van der Waals surface area contributed by atoms with Gasteiger partial charge >= 0.3 is 0 Å². The first kappa shape index (κ1) is 30.9. The van der Waals surface area contributed by atoms with Crippen LogP contribution in [0, 0.1) is 0 Å². The minimum absolute atomic E-state index is 0.00724. The molecule has 0 bridgehead atoms. The molecule has 2 aliphatic heterocycles. The number of unbranched alkanes of at least 4 members (excludes halogenated alkanes) is 2. The topological polar surface area (TPSA) is 64.6 Å². The zero-order valence-electron chi connectivity index (χ0n) is 23.8. The van der Waals surface area contributed by atoms with Crippen molar-refractivity contribution in [3.8, 4) is 0 Å². The van der Waals surface area contributed by atoms with Crippen LogP contribution in [0.5, 0.6) is 0 Å². The van der Waals surface area contributed by atoms with E-state index in [1.807, 2.05) is 0 Å². The van der Waals surface area contributed by atoms with Gasteiger partial charge in [-0.05, 0) is 53.4 Å². The first-order valence-electron chi connectivity index (χ1n) is 14.1. The van der Waals surface area contributed by atoms with Crippen molar-refractivity contribution in [2.75, 3.05) is 27.4 Å². The highest BCUT2D eigenvalue weighted by atomic mass is 16.8. The molecule has 0 N–H and O–H groups in total. The van der Waals surface area contributed by atoms with E-state index in [0.717, 1.165) is 64.2 Å². The summed E-state index contributed by atoms with van der Waals surface area (Å²) in [6, 6.07) is 0. The largest absolute Gasteiger partial charge is 0.382 e. The summed E-state index contributed by atoms with van der Waals surface area (Å²) >= 11 is 0. The van der Waals surface area contributed by atoms with Gasteiger partial charge in [0.2, 0.25) is 0 Å². The quantitative estimate of drug-likeness (QED) is 0.227. The van der Waals surface area contributed by atoms with Crippen LogP contribution in [0.3, 0.4) is 0 Å². The summed E-state index contributed by atoms with van der Waals surface area (Å²) in [5.41, 5.74) is 0. The number of rotatable bonds is 18. The summed E-state index contributed by atoms with van der Waals surface area (Å²) in [6.45, 7) is 13.9. The summed E-state index contributed by atoms with van der Waals surface area (Å²) in [4.78, 5) is 0. The van der Waals surface area contributed by atoms with Gasteiger partial charge in [-0.25, -0.2) is 0 Å². The molecule has 8 unspecified atom stereocenters. The van der Waals surface area contributed by atoms with Gasteiger partial charge in [-0.15, -0.1) is 0 Å². The van der Waals surface area contributed by atoms with E-state index >= 15 is 0 Å². The Morgan fingerprint density at radius 1 is 0.714 bits per heavy atom. The molecule has 2 rings (SSSR count). The molecule has 0 amide bonds. The smallest absolute Gasteiger partial charge is 0.195 e. The molecule has 0 aromatic rings. The zero-order valence-corrected chi connectivity index (χ0v) is 23.8. The monoisotopic (exact) mass is 502 g/mol. The second-order valence-corrected chi connectivity index (χ2v) is 10.7. The number of ether oxygens (including phenoxy) is 7. The summed E-state index contributed by atoms with van der Waals surface area (Å²) in [6.07, 6.45) is 9.50. The molecule has 35 heavy (non-hydrogen) atoms. The summed E-state index contributed by atoms with van der Waals surface area (Å²) in [5.74, 6) is -1.60. The molecule has 2 saturated heterocycles. The highest BCUT2D eigenvalue weighted by Crippen LogP contribution is 2.42. The molecule has 8 atom stereocenters. The van der Waals surface area contributed by atoms with Crippen LogP contribution in [0.2, 0.25) is 0 Å². The molecule has 7 heteroatoms. The first-order valence-corrected chi connectivity index (χ1v) is 14.1. The van der Waals surface area contributed by atoms with Crippen molar-refractivity contribution in [3.63, 3.8) is 0 Å². The molecule has 2 aliphatic rings. The van der Waals surface area contributed by atoms with Gasteiger partial charge in [0, 0.05) is 27.1 Å². The van der Waals surface area contributed by atoms with Crippen LogP contribution in [-0.4, -0.2) is 75.6 Å². The van der Waals surface area contributed by atoms with E-state index < -0.39 is 11.6 Å². The lowest BCUT2D eigenvalue weighted by molar-refractivity contribution is -0.340. The van der Waals surface area contributed by atoms with Crippen molar-refractivity contribution >= 4 is 0 Å². The van der Waals surface area contributed by atoms with Crippen molar-refractivity contribution < 1.29 is 33.2 Å². The van der Waals surface area contributed by atoms with Gasteiger partial charge in [-0.3, -0.25) is 0 Å². The van der Waals surface area contributed by atoms with E-state index in [1.54, 1.807) is 14.2 Å². The molecule has 2 fully saturated rings. The normalized spacial score (nSPS) is 32.6. The van der Waals surface area contributed by atoms with Gasteiger partial charge in [0.1, 0.15) is 12.2 Å². The first-order chi connectivity index (χ1) is 16.7. The maximum atomic E-state index is 6.71. The van der Waals surface area contributed by atoms with E-state index in [0.29, 0.717) is 13.2 Å². The molecule has 0 aromatic heterocycles. The second kappa shape index (κ2) is 15.2. The number of methoxy groups -OCH3 is 2. The fraction of sp³-hybridized carbons (Fsp3) is 1.00. The van der Waals surface area contributed by atoms with Crippen molar-refractivity contribution in [1.29, 1.82) is 0 Å². The van der Waals surface area contributed by atoms with Gasteiger partial charge in [0.05, 0.1) is 37.6 Å². The Hall–Kier alpha value is -0.280. The van der Waals surface area contributed by atoms with Crippen molar-refractivity contribution in [3.05, 3.63) is 0 Å². The minimum Gasteiger partial charge on any atom is -0.382 e. The number of hydrogen-bond acceptors (Lipinski definition) is 7. The molecule has 208 valence electrons. The Balaban J connectivity index is 2.17. The predicted molar refractivity (Wildman–Crippen MR) is 138 cm³/mol. The van der Waals surface area contributed by atoms with E-state index in [9.17, 15) is 0 Å². The van der Waals surface area contributed by atoms with Gasteiger partial charge in [0.25, 0.3) is 0 Å². The van der Waals surface area contributed by atoms with E-state index in [-0.39, 0.29) is 36.6 Å². The standard InChI is InChI=1S/C28H54O7/c1-9-11-13-21(3)32-27(17-15-25(34-27)19-29-7)23(5)31-24(6)28(33-22(4)14-12-10-2)18-16-26(35-28)20-30-8/h21-26H,9-20H2,1-8H3. The van der Waals surface area contributed by atoms with E-state index in [4.69, 9.17) is 33.2 Å². The highest BCUT2D eigenvalue weighted by molar-refractivity contribution is 4.92. The zero-order chi connectivity index (χ0) is 25.9. The van der Waals surface area contributed by atoms with Gasteiger partial charge < -0.3 is 33.2 Å². The maximum absolute atomic E-state index is 6.71. The molecular formula is C28H54O7. The summed E-state index contributed by atoms with van der Waals surface area (Å²) in [5, 5.41) is 0. The second-order valence-electron chi connectivity index (χ2n) is 10.7. The van der Waals surface area contributed by atoms with Gasteiger partial charge in [0.15, 0.2) is 11.6 Å². The third-order valence-electron chi connectivity index (χ3n) is 7.44. The van der Waals surface area contributed by atoms with Crippen LogP contribution in [0.1, 0.15) is 106 Å². The van der Waals surface area contributed by atoms with Gasteiger partial charge in [-0.2, -0.15) is 0 Å². The SMILES string of the molecule is CCCCC(C)OC1(C(C)OC(C)C2(OC(C)CCCC)CCC(COC)O2)CCC(COC)O1. The average Bonchev–Trinajstić information content (AvgIpc) is 3.42. The van der Waals surface area contributed by atoms with E-state index in [1.165, 1.54) is 0 Å². The molecule has 0 aromatic carbocycles. The lowest BCUT2D eigenvalue weighted by Crippen LogP contribution is -2.53. The van der Waals surface area contributed by atoms with Crippen LogP contribution < -0.4 is 0 Å². The summed E-state index contributed by atoms with van der Waals surface area (Å²) in [7, 11) is 3.43. The minimum atomic E-state index is -0.801. The maximum Gasteiger partial charge on any atom is 0.195 e. The lowest BCUT2D eigenvalue weighted by atomic mass is 10.0. The van der Waals surface area contributed by atoms with Gasteiger partial charge in [-0.1, -0.05) is 39.5 Å². The third-order valence-corrected chi connectivity index (χ3v) is 7.44. The molecule has 0 spiro atoms. The Morgan fingerprint density at radius 2 is 1.11 bits per heavy atom. The number of hydrogen-bond donors (Lipinski definition) is 0. The Bertz CT molecular complexity index is 528. The molecule has 0 aliphatic carbocycles. The molecule has 0 saturated carbocycles. The van der Waals surface area contributed by atoms with Crippen molar-refractivity contribution in [2.45, 2.75) is 154 Å². The third kappa shape index (κ3) is 8.91. The molecular weight excluding hydrogens is 448 g/mol. The van der Waals surface area contributed by atoms with Crippen LogP contribution in [-0.2, 0) is 33.2 Å². The average molecular weight is 503 g/mol. The van der Waals surface area contributed by atoms with E-state index in [2.05, 4.69) is 41.5 Å². The van der Waals surface area contributed by atoms with Crippen molar-refractivity contribution in [1.82, 2.24) is 0 Å². The van der Waals surface area contributed by atoms with Crippen LogP contribution in [0.25, 0.3) is 0 Å². The Kier molecular flexibility index (Phi) is 13.4. The predicted octanol–water partition coefficient (Wildman–Crippen LogP) is 6.01. The van der Waals surface area contributed by atoms with Crippen LogP contribution in [0.15, 0.2) is 0 Å². The fourth-order valence-corrected chi connectivity index (χ4v) is 5.39. The lowest BCUT2D eigenvalue weighted by Gasteiger charge is -2.43. The Morgan fingerprint density at radius 3 is 1.46 bits per heavy atom. The summed E-state index contributed by atoms with van der Waals surface area (Å²) < 4.78 is 43.8. The Labute approximate surface area is 214 Å². The molecule has 0 radical (unpaired) electrons. The van der Waals surface area contributed by atoms with Crippen molar-refractivity contribution in [2.24, 2.45) is 0 Å². The highest BCUT2D eigenvalue weighted by Gasteiger charge is 2.52. The van der Waals surface area contributed by atoms with Crippen LogP contribution in [0.4, 0.5) is 0 Å².